The molecule has 0 saturated carbocycles. The number of hydrogen-bond donors (Lipinski definition) is 2. The number of nitrogen functional groups attached to an aromatic ring is 1. The van der Waals surface area contributed by atoms with Crippen LogP contribution in [0.3, 0.4) is 0 Å². The number of carbonyl (C=O) groups is 1. The van der Waals surface area contributed by atoms with Crippen molar-refractivity contribution in [3.05, 3.63) is 64.8 Å². The van der Waals surface area contributed by atoms with Crippen molar-refractivity contribution in [1.29, 1.82) is 0 Å². The number of rotatable bonds is 5. The molecule has 5 nitrogen and oxygen atoms in total. The van der Waals surface area contributed by atoms with Gasteiger partial charge in [0.05, 0.1) is 11.9 Å². The fourth-order valence-corrected chi connectivity index (χ4v) is 2.82. The molecule has 0 atom stereocenters. The van der Waals surface area contributed by atoms with Crippen LogP contribution in [0, 0.1) is 5.82 Å². The molecule has 0 unspecified atom stereocenters. The van der Waals surface area contributed by atoms with E-state index in [0.717, 1.165) is 11.3 Å². The Labute approximate surface area is 148 Å². The summed E-state index contributed by atoms with van der Waals surface area (Å²) in [6.45, 7) is 1.49. The van der Waals surface area contributed by atoms with E-state index in [1.807, 2.05) is 5.38 Å². The summed E-state index contributed by atoms with van der Waals surface area (Å²) in [7, 11) is 0. The van der Waals surface area contributed by atoms with Crippen molar-refractivity contribution < 1.29 is 9.18 Å². The molecule has 0 fully saturated rings. The molecule has 25 heavy (non-hydrogen) atoms. The van der Waals surface area contributed by atoms with Crippen molar-refractivity contribution in [1.82, 2.24) is 4.98 Å². The molecule has 2 aromatic carbocycles. The summed E-state index contributed by atoms with van der Waals surface area (Å²) in [6.07, 6.45) is 1.57. The molecular formula is C18H15FN4OS. The average Bonchev–Trinajstić information content (AvgIpc) is 3.05. The number of thiazole rings is 1. The molecule has 1 aromatic heterocycles. The number of hydrogen-bond acceptors (Lipinski definition) is 6. The van der Waals surface area contributed by atoms with E-state index in [1.54, 1.807) is 36.5 Å². The largest absolute Gasteiger partial charge is 0.398 e. The predicted octanol–water partition coefficient (Wildman–Crippen LogP) is 4.18. The number of Topliss-reactive ketones (excluding diaryl/α,β-unsaturated/α-hetero) is 1. The molecule has 0 spiro atoms. The molecule has 0 aliphatic rings. The first-order valence-electron chi connectivity index (χ1n) is 7.44. The number of nitrogens with zero attached hydrogens (tertiary/aromatic N) is 2. The van der Waals surface area contributed by atoms with Crippen molar-refractivity contribution in [2.24, 2.45) is 5.10 Å². The third-order valence-electron chi connectivity index (χ3n) is 3.50. The normalized spacial score (nSPS) is 11.0. The lowest BCUT2D eigenvalue weighted by Crippen LogP contribution is -1.99. The summed E-state index contributed by atoms with van der Waals surface area (Å²) in [5.41, 5.74) is 12.1. The van der Waals surface area contributed by atoms with Crippen LogP contribution in [0.25, 0.3) is 11.3 Å². The monoisotopic (exact) mass is 354 g/mol. The number of benzene rings is 2. The van der Waals surface area contributed by atoms with Gasteiger partial charge in [0, 0.05) is 27.8 Å². The molecule has 7 heteroatoms. The zero-order valence-corrected chi connectivity index (χ0v) is 14.2. The van der Waals surface area contributed by atoms with Crippen molar-refractivity contribution >= 4 is 34.2 Å². The fourth-order valence-electron chi connectivity index (χ4n) is 2.15. The highest BCUT2D eigenvalue weighted by Crippen LogP contribution is 2.25. The van der Waals surface area contributed by atoms with E-state index in [2.05, 4.69) is 15.5 Å². The molecule has 1 heterocycles. The second-order valence-electron chi connectivity index (χ2n) is 5.31. The number of hydrazone groups is 1. The van der Waals surface area contributed by atoms with Crippen LogP contribution >= 0.6 is 11.3 Å². The quantitative estimate of drug-likeness (QED) is 0.312. The predicted molar refractivity (Wildman–Crippen MR) is 99.6 cm³/mol. The van der Waals surface area contributed by atoms with Gasteiger partial charge in [-0.05, 0) is 37.3 Å². The minimum Gasteiger partial charge on any atom is -0.398 e. The van der Waals surface area contributed by atoms with Gasteiger partial charge in [0.2, 0.25) is 5.13 Å². The van der Waals surface area contributed by atoms with Crippen LogP contribution in [0.2, 0.25) is 0 Å². The number of ketones is 1. The molecule has 3 N–H and O–H groups in total. The Kier molecular flexibility index (Phi) is 4.85. The molecule has 0 bridgehead atoms. The second-order valence-corrected chi connectivity index (χ2v) is 6.17. The first kappa shape index (κ1) is 16.8. The highest BCUT2D eigenvalue weighted by Gasteiger charge is 2.05. The smallest absolute Gasteiger partial charge is 0.203 e. The van der Waals surface area contributed by atoms with E-state index < -0.39 is 0 Å². The molecule has 0 aliphatic carbocycles. The number of carbonyl (C=O) groups excluding carboxylic acids is 1. The fraction of sp³-hybridized carbons (Fsp3) is 0.0556. The molecule has 3 rings (SSSR count). The third kappa shape index (κ3) is 4.07. The third-order valence-corrected chi connectivity index (χ3v) is 4.25. The number of halogens is 1. The van der Waals surface area contributed by atoms with Crippen LogP contribution in [0.4, 0.5) is 15.2 Å². The number of nitrogens with one attached hydrogen (secondary N) is 1. The number of aromatic nitrogens is 1. The number of nitrogens with two attached hydrogens (primary N) is 1. The molecule has 0 amide bonds. The molecule has 126 valence electrons. The minimum atomic E-state index is -0.282. The van der Waals surface area contributed by atoms with Crippen LogP contribution in [-0.2, 0) is 0 Å². The van der Waals surface area contributed by atoms with E-state index in [9.17, 15) is 9.18 Å². The summed E-state index contributed by atoms with van der Waals surface area (Å²) in [6, 6.07) is 11.2. The van der Waals surface area contributed by atoms with Crippen molar-refractivity contribution in [2.45, 2.75) is 6.92 Å². The Balaban J connectivity index is 1.69. The SMILES string of the molecule is CC(=O)c1ccc(/C=N/Nc2nc(-c3ccc(F)cc3)cs2)c(N)c1. The van der Waals surface area contributed by atoms with Crippen LogP contribution in [-0.4, -0.2) is 17.0 Å². The maximum atomic E-state index is 13.0. The Hall–Kier alpha value is -3.06. The van der Waals surface area contributed by atoms with Crippen LogP contribution in [0.5, 0.6) is 0 Å². The van der Waals surface area contributed by atoms with E-state index in [4.69, 9.17) is 5.73 Å². The van der Waals surface area contributed by atoms with Gasteiger partial charge in [0.15, 0.2) is 5.78 Å². The standard InChI is InChI=1S/C18H15FN4OS/c1-11(24)13-2-3-14(16(20)8-13)9-21-23-18-22-17(10-25-18)12-4-6-15(19)7-5-12/h2-10H,20H2,1H3,(H,22,23)/b21-9+. The lowest BCUT2D eigenvalue weighted by atomic mass is 10.1. The zero-order valence-electron chi connectivity index (χ0n) is 13.4. The highest BCUT2D eigenvalue weighted by molar-refractivity contribution is 7.14. The first-order valence-corrected chi connectivity index (χ1v) is 8.32. The molecule has 0 radical (unpaired) electrons. The molecule has 0 aliphatic heterocycles. The van der Waals surface area contributed by atoms with Gasteiger partial charge >= 0.3 is 0 Å². The Morgan fingerprint density at radius 1 is 1.28 bits per heavy atom. The topological polar surface area (TPSA) is 80.4 Å². The van der Waals surface area contributed by atoms with Crippen molar-refractivity contribution in [3.8, 4) is 11.3 Å². The van der Waals surface area contributed by atoms with Gasteiger partial charge in [0.25, 0.3) is 0 Å². The second kappa shape index (κ2) is 7.23. The van der Waals surface area contributed by atoms with Gasteiger partial charge in [-0.15, -0.1) is 11.3 Å². The minimum absolute atomic E-state index is 0.0376. The van der Waals surface area contributed by atoms with Gasteiger partial charge in [-0.2, -0.15) is 5.10 Å². The molecule has 0 saturated heterocycles. The summed E-state index contributed by atoms with van der Waals surface area (Å²) < 4.78 is 13.0. The van der Waals surface area contributed by atoms with E-state index in [-0.39, 0.29) is 11.6 Å². The first-order chi connectivity index (χ1) is 12.0. The summed E-state index contributed by atoms with van der Waals surface area (Å²) >= 11 is 1.39. The van der Waals surface area contributed by atoms with Gasteiger partial charge in [-0.1, -0.05) is 12.1 Å². The van der Waals surface area contributed by atoms with Crippen LogP contribution in [0.15, 0.2) is 52.9 Å². The van der Waals surface area contributed by atoms with Crippen molar-refractivity contribution in [3.63, 3.8) is 0 Å². The molecular weight excluding hydrogens is 339 g/mol. The van der Waals surface area contributed by atoms with Crippen LogP contribution in [0.1, 0.15) is 22.8 Å². The maximum Gasteiger partial charge on any atom is 0.203 e. The van der Waals surface area contributed by atoms with E-state index >= 15 is 0 Å². The summed E-state index contributed by atoms with van der Waals surface area (Å²) in [4.78, 5) is 15.7. The van der Waals surface area contributed by atoms with Gasteiger partial charge in [0.1, 0.15) is 5.82 Å². The molecule has 3 aromatic rings. The van der Waals surface area contributed by atoms with Crippen molar-refractivity contribution in [2.75, 3.05) is 11.2 Å². The van der Waals surface area contributed by atoms with Gasteiger partial charge in [-0.3, -0.25) is 10.2 Å². The Morgan fingerprint density at radius 3 is 2.72 bits per heavy atom. The Morgan fingerprint density at radius 2 is 2.04 bits per heavy atom. The van der Waals surface area contributed by atoms with Gasteiger partial charge < -0.3 is 5.73 Å². The van der Waals surface area contributed by atoms with Crippen LogP contribution < -0.4 is 11.2 Å². The summed E-state index contributed by atoms with van der Waals surface area (Å²) in [5.74, 6) is -0.320. The zero-order chi connectivity index (χ0) is 17.8. The lowest BCUT2D eigenvalue weighted by Gasteiger charge is -2.02. The number of anilines is 2. The summed E-state index contributed by atoms with van der Waals surface area (Å²) in [5, 5.41) is 6.58. The maximum absolute atomic E-state index is 13.0. The Bertz CT molecular complexity index is 935. The van der Waals surface area contributed by atoms with Gasteiger partial charge in [-0.25, -0.2) is 9.37 Å². The van der Waals surface area contributed by atoms with E-state index in [0.29, 0.717) is 21.9 Å². The van der Waals surface area contributed by atoms with E-state index in [1.165, 1.54) is 30.4 Å². The lowest BCUT2D eigenvalue weighted by molar-refractivity contribution is 0.101. The highest BCUT2D eigenvalue weighted by atomic mass is 32.1. The average molecular weight is 354 g/mol.